The molecule has 0 saturated heterocycles. The first-order chi connectivity index (χ1) is 13.2. The van der Waals surface area contributed by atoms with Crippen LogP contribution in [0.25, 0.3) is 6.08 Å². The molecule has 0 spiro atoms. The predicted octanol–water partition coefficient (Wildman–Crippen LogP) is 5.15. The van der Waals surface area contributed by atoms with Gasteiger partial charge >= 0.3 is 0 Å². The second-order valence-corrected chi connectivity index (χ2v) is 6.39. The topological polar surface area (TPSA) is 52.9 Å². The van der Waals surface area contributed by atoms with Crippen molar-refractivity contribution < 1.29 is 4.79 Å². The van der Waals surface area contributed by atoms with Gasteiger partial charge < -0.3 is 5.32 Å². The van der Waals surface area contributed by atoms with E-state index in [2.05, 4.69) is 5.32 Å². The van der Waals surface area contributed by atoms with Crippen molar-refractivity contribution in [2.24, 2.45) is 0 Å². The summed E-state index contributed by atoms with van der Waals surface area (Å²) < 4.78 is 0. The number of nitriles is 1. The van der Waals surface area contributed by atoms with E-state index in [4.69, 9.17) is 11.6 Å². The molecular weight excluding hydrogens is 356 g/mol. The van der Waals surface area contributed by atoms with E-state index in [1.54, 1.807) is 30.3 Å². The van der Waals surface area contributed by atoms with Gasteiger partial charge in [-0.15, -0.1) is 0 Å². The van der Waals surface area contributed by atoms with Crippen molar-refractivity contribution in [2.75, 3.05) is 0 Å². The first-order valence-electron chi connectivity index (χ1n) is 8.45. The zero-order valence-corrected chi connectivity index (χ0v) is 15.2. The van der Waals surface area contributed by atoms with E-state index in [-0.39, 0.29) is 11.6 Å². The van der Waals surface area contributed by atoms with Crippen LogP contribution in [0.15, 0.2) is 90.5 Å². The minimum Gasteiger partial charge on any atom is -0.340 e. The van der Waals surface area contributed by atoms with E-state index in [1.807, 2.05) is 66.7 Å². The number of amides is 1. The summed E-state index contributed by atoms with van der Waals surface area (Å²) in [4.78, 5) is 12.8. The number of nitrogens with one attached hydrogen (secondary N) is 1. The summed E-state index contributed by atoms with van der Waals surface area (Å²) in [6, 6.07) is 28.0. The van der Waals surface area contributed by atoms with Gasteiger partial charge in [-0.25, -0.2) is 0 Å². The Bertz CT molecular complexity index is 935. The van der Waals surface area contributed by atoms with Crippen molar-refractivity contribution in [1.29, 1.82) is 5.26 Å². The molecule has 3 rings (SSSR count). The molecule has 1 amide bonds. The molecule has 0 radical (unpaired) electrons. The summed E-state index contributed by atoms with van der Waals surface area (Å²) in [7, 11) is 0. The molecule has 3 aromatic rings. The Hall–Kier alpha value is -3.35. The fourth-order valence-electron chi connectivity index (χ4n) is 2.73. The number of carbonyl (C=O) groups is 1. The molecule has 0 aliphatic heterocycles. The van der Waals surface area contributed by atoms with Crippen LogP contribution in [0.3, 0.4) is 0 Å². The van der Waals surface area contributed by atoms with E-state index in [1.165, 1.54) is 0 Å². The van der Waals surface area contributed by atoms with Gasteiger partial charge in [-0.05, 0) is 34.9 Å². The van der Waals surface area contributed by atoms with Crippen molar-refractivity contribution in [1.82, 2.24) is 5.32 Å². The van der Waals surface area contributed by atoms with Gasteiger partial charge in [-0.3, -0.25) is 4.79 Å². The fraction of sp³-hybridized carbons (Fsp3) is 0.0435. The maximum atomic E-state index is 12.8. The van der Waals surface area contributed by atoms with Crippen molar-refractivity contribution in [3.05, 3.63) is 112 Å². The number of nitrogens with zero attached hydrogens (tertiary/aromatic N) is 1. The molecule has 0 aliphatic rings. The standard InChI is InChI=1S/C23H17ClN2O/c24-21-13-11-17(12-14-21)15-20(16-25)23(27)26-22(18-7-3-1-4-8-18)19-9-5-2-6-10-19/h1-15,22H,(H,26,27)/b20-15+. The van der Waals surface area contributed by atoms with Crippen LogP contribution in [0, 0.1) is 11.3 Å². The van der Waals surface area contributed by atoms with Gasteiger partial charge in [0.05, 0.1) is 6.04 Å². The number of carbonyl (C=O) groups excluding carboxylic acids is 1. The number of hydrogen-bond donors (Lipinski definition) is 1. The van der Waals surface area contributed by atoms with Crippen LogP contribution in [0.2, 0.25) is 5.02 Å². The van der Waals surface area contributed by atoms with Gasteiger partial charge in [-0.1, -0.05) is 84.4 Å². The van der Waals surface area contributed by atoms with Crippen LogP contribution >= 0.6 is 11.6 Å². The molecule has 27 heavy (non-hydrogen) atoms. The highest BCUT2D eigenvalue weighted by molar-refractivity contribution is 6.30. The lowest BCUT2D eigenvalue weighted by Gasteiger charge is -2.19. The van der Waals surface area contributed by atoms with Crippen molar-refractivity contribution >= 4 is 23.6 Å². The normalized spacial score (nSPS) is 11.1. The van der Waals surface area contributed by atoms with E-state index < -0.39 is 5.91 Å². The Balaban J connectivity index is 1.89. The third-order valence-corrected chi connectivity index (χ3v) is 4.34. The number of hydrogen-bond acceptors (Lipinski definition) is 2. The summed E-state index contributed by atoms with van der Waals surface area (Å²) >= 11 is 5.88. The predicted molar refractivity (Wildman–Crippen MR) is 108 cm³/mol. The second kappa shape index (κ2) is 8.84. The quantitative estimate of drug-likeness (QED) is 0.497. The summed E-state index contributed by atoms with van der Waals surface area (Å²) in [5.74, 6) is -0.426. The first kappa shape index (κ1) is 18.4. The molecule has 132 valence electrons. The lowest BCUT2D eigenvalue weighted by atomic mass is 9.98. The van der Waals surface area contributed by atoms with Gasteiger partial charge in [-0.2, -0.15) is 5.26 Å². The molecule has 0 fully saturated rings. The minimum absolute atomic E-state index is 0.0363. The largest absolute Gasteiger partial charge is 0.340 e. The van der Waals surface area contributed by atoms with Crippen LogP contribution in [-0.4, -0.2) is 5.91 Å². The van der Waals surface area contributed by atoms with Gasteiger partial charge in [0, 0.05) is 5.02 Å². The highest BCUT2D eigenvalue weighted by Gasteiger charge is 2.19. The zero-order valence-electron chi connectivity index (χ0n) is 14.5. The summed E-state index contributed by atoms with van der Waals surface area (Å²) in [5, 5.41) is 13.0. The Morgan fingerprint density at radius 3 is 1.89 bits per heavy atom. The highest BCUT2D eigenvalue weighted by Crippen LogP contribution is 2.22. The highest BCUT2D eigenvalue weighted by atomic mass is 35.5. The van der Waals surface area contributed by atoms with Crippen LogP contribution in [0.4, 0.5) is 0 Å². The van der Waals surface area contributed by atoms with Crippen LogP contribution in [0.5, 0.6) is 0 Å². The molecule has 0 saturated carbocycles. The molecule has 0 aromatic heterocycles. The molecule has 0 aliphatic carbocycles. The molecule has 3 nitrogen and oxygen atoms in total. The monoisotopic (exact) mass is 372 g/mol. The molecule has 3 aromatic carbocycles. The van der Waals surface area contributed by atoms with Gasteiger partial charge in [0.15, 0.2) is 0 Å². The molecule has 0 atom stereocenters. The molecule has 0 unspecified atom stereocenters. The maximum Gasteiger partial charge on any atom is 0.262 e. The SMILES string of the molecule is N#C/C(=C\c1ccc(Cl)cc1)C(=O)NC(c1ccccc1)c1ccccc1. The number of rotatable bonds is 5. The first-order valence-corrected chi connectivity index (χ1v) is 8.83. The lowest BCUT2D eigenvalue weighted by molar-refractivity contribution is -0.117. The fourth-order valence-corrected chi connectivity index (χ4v) is 2.86. The molecular formula is C23H17ClN2O. The lowest BCUT2D eigenvalue weighted by Crippen LogP contribution is -2.30. The molecule has 4 heteroatoms. The molecule has 0 heterocycles. The molecule has 1 N–H and O–H groups in total. The number of benzene rings is 3. The van der Waals surface area contributed by atoms with Crippen LogP contribution in [-0.2, 0) is 4.79 Å². The molecule has 0 bridgehead atoms. The average molecular weight is 373 g/mol. The van der Waals surface area contributed by atoms with Crippen molar-refractivity contribution in [3.8, 4) is 6.07 Å². The summed E-state index contributed by atoms with van der Waals surface area (Å²) in [6.45, 7) is 0. The van der Waals surface area contributed by atoms with Gasteiger partial charge in [0.25, 0.3) is 5.91 Å². The van der Waals surface area contributed by atoms with E-state index >= 15 is 0 Å². The van der Waals surface area contributed by atoms with Crippen molar-refractivity contribution in [3.63, 3.8) is 0 Å². The third kappa shape index (κ3) is 4.84. The van der Waals surface area contributed by atoms with Gasteiger partial charge in [0.2, 0.25) is 0 Å². The van der Waals surface area contributed by atoms with Crippen LogP contribution < -0.4 is 5.32 Å². The average Bonchev–Trinajstić information content (AvgIpc) is 2.72. The van der Waals surface area contributed by atoms with E-state index in [0.29, 0.717) is 5.02 Å². The third-order valence-electron chi connectivity index (χ3n) is 4.09. The van der Waals surface area contributed by atoms with Crippen molar-refractivity contribution in [2.45, 2.75) is 6.04 Å². The van der Waals surface area contributed by atoms with E-state index in [0.717, 1.165) is 16.7 Å². The minimum atomic E-state index is -0.426. The van der Waals surface area contributed by atoms with E-state index in [9.17, 15) is 10.1 Å². The Labute approximate surface area is 163 Å². The zero-order chi connectivity index (χ0) is 19.1. The smallest absolute Gasteiger partial charge is 0.262 e. The van der Waals surface area contributed by atoms with Gasteiger partial charge in [0.1, 0.15) is 11.6 Å². The number of halogens is 1. The van der Waals surface area contributed by atoms with Crippen LogP contribution in [0.1, 0.15) is 22.7 Å². The Morgan fingerprint density at radius 1 is 0.889 bits per heavy atom. The summed E-state index contributed by atoms with van der Waals surface area (Å²) in [5.41, 5.74) is 2.66. The Morgan fingerprint density at radius 2 is 1.41 bits per heavy atom. The second-order valence-electron chi connectivity index (χ2n) is 5.95. The maximum absolute atomic E-state index is 12.8. The Kier molecular flexibility index (Phi) is 6.04. The summed E-state index contributed by atoms with van der Waals surface area (Å²) in [6.07, 6.45) is 1.55.